The maximum Gasteiger partial charge on any atom is 0.296 e. The van der Waals surface area contributed by atoms with E-state index in [1.54, 1.807) is 0 Å². The van der Waals surface area contributed by atoms with Crippen molar-refractivity contribution in [1.29, 1.82) is 5.26 Å². The number of nitrogens with two attached hydrogens (primary N) is 1. The van der Waals surface area contributed by atoms with Crippen LogP contribution in [0.4, 0.5) is 15.8 Å². The van der Waals surface area contributed by atoms with Crippen molar-refractivity contribution >= 4 is 17.2 Å². The van der Waals surface area contributed by atoms with Gasteiger partial charge < -0.3 is 10.5 Å². The van der Waals surface area contributed by atoms with Gasteiger partial charge in [0.05, 0.1) is 28.5 Å². The van der Waals surface area contributed by atoms with Gasteiger partial charge >= 0.3 is 0 Å². The molecule has 5 rings (SSSR count). The van der Waals surface area contributed by atoms with Crippen molar-refractivity contribution in [3.8, 4) is 11.8 Å². The first-order chi connectivity index (χ1) is 20.3. The molecule has 0 bridgehead atoms. The summed E-state index contributed by atoms with van der Waals surface area (Å²) >= 11 is 0. The van der Waals surface area contributed by atoms with Gasteiger partial charge in [-0.1, -0.05) is 43.7 Å². The number of ketones is 1. The second-order valence-electron chi connectivity index (χ2n) is 12.1. The van der Waals surface area contributed by atoms with Crippen molar-refractivity contribution < 1.29 is 18.8 Å². The Morgan fingerprint density at radius 2 is 1.79 bits per heavy atom. The normalized spacial score (nSPS) is 17.9. The Labute approximate surface area is 250 Å². The lowest BCUT2D eigenvalue weighted by atomic mass is 9.68. The zero-order valence-electron chi connectivity index (χ0n) is 24.8. The minimum absolute atomic E-state index is 0.000847. The molecular formula is C34H33FN4O4. The Balaban J connectivity index is 1.70. The number of benzene rings is 3. The van der Waals surface area contributed by atoms with Crippen molar-refractivity contribution in [2.24, 2.45) is 11.1 Å². The third-order valence-corrected chi connectivity index (χ3v) is 8.21. The molecule has 8 nitrogen and oxygen atoms in total. The van der Waals surface area contributed by atoms with Crippen LogP contribution in [0.2, 0.25) is 0 Å². The molecule has 43 heavy (non-hydrogen) atoms. The van der Waals surface area contributed by atoms with Gasteiger partial charge in [-0.25, -0.2) is 4.39 Å². The molecule has 9 heteroatoms. The summed E-state index contributed by atoms with van der Waals surface area (Å²) in [5.74, 6) is -1.03. The first kappa shape index (κ1) is 29.5. The molecule has 2 aliphatic rings. The zero-order valence-corrected chi connectivity index (χ0v) is 24.8. The Morgan fingerprint density at radius 3 is 2.44 bits per heavy atom. The van der Waals surface area contributed by atoms with Crippen LogP contribution in [0.3, 0.4) is 0 Å². The molecule has 0 radical (unpaired) electrons. The Hall–Kier alpha value is -4.97. The third kappa shape index (κ3) is 5.48. The van der Waals surface area contributed by atoms with Gasteiger partial charge in [0.25, 0.3) is 5.69 Å². The van der Waals surface area contributed by atoms with Gasteiger partial charge in [0, 0.05) is 17.7 Å². The number of carbonyl (C=O) groups excluding carboxylic acids is 1. The van der Waals surface area contributed by atoms with Crippen molar-refractivity contribution in [2.45, 2.75) is 60.0 Å². The number of rotatable bonds is 6. The van der Waals surface area contributed by atoms with Crippen LogP contribution in [0.5, 0.6) is 5.75 Å². The topological polar surface area (TPSA) is 122 Å². The lowest BCUT2D eigenvalue weighted by Gasteiger charge is -2.43. The molecular weight excluding hydrogens is 547 g/mol. The van der Waals surface area contributed by atoms with E-state index in [0.29, 0.717) is 17.7 Å². The lowest BCUT2D eigenvalue weighted by molar-refractivity contribution is -0.384. The number of ether oxygens (including phenoxy) is 1. The predicted molar refractivity (Wildman–Crippen MR) is 162 cm³/mol. The van der Waals surface area contributed by atoms with Gasteiger partial charge in [0.2, 0.25) is 0 Å². The summed E-state index contributed by atoms with van der Waals surface area (Å²) in [6, 6.07) is 17.1. The monoisotopic (exact) mass is 580 g/mol. The molecule has 3 aromatic carbocycles. The van der Waals surface area contributed by atoms with E-state index < -0.39 is 27.8 Å². The number of Topliss-reactive ketones (excluding diaryl/α,β-unsaturated/α-hetero) is 1. The Morgan fingerprint density at radius 1 is 1.09 bits per heavy atom. The number of nitriles is 1. The molecule has 0 amide bonds. The molecule has 1 aliphatic heterocycles. The van der Waals surface area contributed by atoms with Crippen LogP contribution in [0, 0.1) is 53.4 Å². The van der Waals surface area contributed by atoms with E-state index in [0.717, 1.165) is 45.7 Å². The molecule has 0 fully saturated rings. The van der Waals surface area contributed by atoms with Gasteiger partial charge in [-0.05, 0) is 79.1 Å². The summed E-state index contributed by atoms with van der Waals surface area (Å²) in [5.41, 5.74) is 11.3. The van der Waals surface area contributed by atoms with E-state index >= 15 is 0 Å². The van der Waals surface area contributed by atoms with Crippen LogP contribution in [0.1, 0.15) is 60.4 Å². The number of allylic oxidation sites excluding steroid dienone is 3. The highest BCUT2D eigenvalue weighted by Crippen LogP contribution is 2.52. The van der Waals surface area contributed by atoms with E-state index in [9.17, 15) is 24.6 Å². The molecule has 1 aliphatic carbocycles. The highest BCUT2D eigenvalue weighted by molar-refractivity contribution is 6.02. The molecule has 1 heterocycles. The quantitative estimate of drug-likeness (QED) is 0.242. The highest BCUT2D eigenvalue weighted by Gasteiger charge is 2.46. The molecule has 220 valence electrons. The summed E-state index contributed by atoms with van der Waals surface area (Å²) in [7, 11) is 0. The molecule has 0 aromatic heterocycles. The smallest absolute Gasteiger partial charge is 0.296 e. The first-order valence-corrected chi connectivity index (χ1v) is 14.0. The summed E-state index contributed by atoms with van der Waals surface area (Å²) in [6.45, 7) is 10.1. The number of aryl methyl sites for hydroxylation is 3. The summed E-state index contributed by atoms with van der Waals surface area (Å²) in [4.78, 5) is 26.7. The largest absolute Gasteiger partial charge is 0.489 e. The van der Waals surface area contributed by atoms with Crippen molar-refractivity contribution in [1.82, 2.24) is 0 Å². The fourth-order valence-electron chi connectivity index (χ4n) is 6.11. The van der Waals surface area contributed by atoms with Gasteiger partial charge in [0.1, 0.15) is 29.7 Å². The minimum Gasteiger partial charge on any atom is -0.489 e. The van der Waals surface area contributed by atoms with Gasteiger partial charge in [-0.2, -0.15) is 5.26 Å². The van der Waals surface area contributed by atoms with Crippen LogP contribution >= 0.6 is 0 Å². The second-order valence-corrected chi connectivity index (χ2v) is 12.1. The van der Waals surface area contributed by atoms with Crippen molar-refractivity contribution in [3.05, 3.63) is 121 Å². The van der Waals surface area contributed by atoms with E-state index in [-0.39, 0.29) is 35.9 Å². The average molecular weight is 581 g/mol. The van der Waals surface area contributed by atoms with Crippen LogP contribution < -0.4 is 15.4 Å². The molecule has 3 aromatic rings. The standard InChI is InChI=1S/C34H33FN4O4/c1-19-6-9-24(10-7-19)43-18-22-13-25(21(3)12-20(22)2)31-26(17-36)33(37)38(27-11-8-23(35)14-28(27)39(41)42)29-15-34(4,5)16-30(40)32(29)31/h6-14,31H,15-16,18,37H2,1-5H3. The number of hydrogen-bond donors (Lipinski definition) is 1. The number of nitrogens with zero attached hydrogens (tertiary/aromatic N) is 3. The van der Waals surface area contributed by atoms with E-state index in [4.69, 9.17) is 10.5 Å². The fourth-order valence-corrected chi connectivity index (χ4v) is 6.11. The summed E-state index contributed by atoms with van der Waals surface area (Å²) in [6.07, 6.45) is 0.599. The number of carbonyl (C=O) groups is 1. The SMILES string of the molecule is Cc1ccc(OCc2cc(C3C(C#N)=C(N)N(c4ccc(F)cc4[N+](=O)[O-])C4=C3C(=O)CC(C)(C)C4)c(C)cc2C)cc1. The molecule has 1 atom stereocenters. The van der Waals surface area contributed by atoms with Crippen LogP contribution in [0.25, 0.3) is 0 Å². The lowest BCUT2D eigenvalue weighted by Crippen LogP contribution is -2.42. The molecule has 2 N–H and O–H groups in total. The number of hydrogen-bond acceptors (Lipinski definition) is 7. The maximum absolute atomic E-state index is 14.1. The van der Waals surface area contributed by atoms with Crippen LogP contribution in [-0.2, 0) is 11.4 Å². The van der Waals surface area contributed by atoms with Gasteiger partial charge in [0.15, 0.2) is 5.78 Å². The van der Waals surface area contributed by atoms with Crippen LogP contribution in [0.15, 0.2) is 77.3 Å². The number of nitro groups is 1. The maximum atomic E-state index is 14.1. The molecule has 0 saturated heterocycles. The highest BCUT2D eigenvalue weighted by atomic mass is 19.1. The third-order valence-electron chi connectivity index (χ3n) is 8.21. The van der Waals surface area contributed by atoms with Gasteiger partial charge in [-0.15, -0.1) is 0 Å². The summed E-state index contributed by atoms with van der Waals surface area (Å²) < 4.78 is 20.2. The number of nitro benzene ring substituents is 1. The van der Waals surface area contributed by atoms with Gasteiger partial charge in [-0.3, -0.25) is 19.8 Å². The Bertz CT molecular complexity index is 1770. The molecule has 0 saturated carbocycles. The summed E-state index contributed by atoms with van der Waals surface area (Å²) in [5, 5.41) is 22.5. The Kier molecular flexibility index (Phi) is 7.57. The van der Waals surface area contributed by atoms with E-state index in [1.807, 2.05) is 71.0 Å². The fraction of sp³-hybridized carbons (Fsp3) is 0.294. The number of halogens is 1. The average Bonchev–Trinajstić information content (AvgIpc) is 2.93. The van der Waals surface area contributed by atoms with Crippen molar-refractivity contribution in [2.75, 3.05) is 4.90 Å². The molecule has 0 spiro atoms. The number of anilines is 1. The van der Waals surface area contributed by atoms with E-state index in [1.165, 1.54) is 11.0 Å². The van der Waals surface area contributed by atoms with E-state index in [2.05, 4.69) is 6.07 Å². The predicted octanol–water partition coefficient (Wildman–Crippen LogP) is 7.18. The minimum atomic E-state index is -0.780. The van der Waals surface area contributed by atoms with Crippen LogP contribution in [-0.4, -0.2) is 10.7 Å². The zero-order chi connectivity index (χ0) is 31.2. The second kappa shape index (κ2) is 11.0. The van der Waals surface area contributed by atoms with Crippen molar-refractivity contribution in [3.63, 3.8) is 0 Å². The first-order valence-electron chi connectivity index (χ1n) is 14.0. The molecule has 1 unspecified atom stereocenters.